The van der Waals surface area contributed by atoms with Gasteiger partial charge in [-0.2, -0.15) is 0 Å². The first kappa shape index (κ1) is 12.0. The van der Waals surface area contributed by atoms with Gasteiger partial charge in [-0.15, -0.1) is 0 Å². The van der Waals surface area contributed by atoms with Crippen molar-refractivity contribution in [2.24, 2.45) is 0 Å². The largest absolute Gasteiger partial charge is 0.378 e. The number of nitrogens with zero attached hydrogens (tertiary/aromatic N) is 3. The van der Waals surface area contributed by atoms with Crippen LogP contribution in [0.2, 0.25) is 10.2 Å². The van der Waals surface area contributed by atoms with Crippen LogP contribution in [-0.4, -0.2) is 36.3 Å². The minimum atomic E-state index is 0.434. The van der Waals surface area contributed by atoms with Gasteiger partial charge in [0.15, 0.2) is 0 Å². The van der Waals surface area contributed by atoms with E-state index in [1.807, 2.05) is 6.07 Å². The van der Waals surface area contributed by atoms with Gasteiger partial charge in [0.2, 0.25) is 5.95 Å². The second-order valence-corrected chi connectivity index (χ2v) is 4.87. The quantitative estimate of drug-likeness (QED) is 0.755. The predicted molar refractivity (Wildman–Crippen MR) is 72.6 cm³/mol. The third-order valence-corrected chi connectivity index (χ3v) is 3.42. The zero-order valence-electron chi connectivity index (χ0n) is 9.57. The van der Waals surface area contributed by atoms with Crippen molar-refractivity contribution in [3.05, 3.63) is 28.4 Å². The molecule has 94 valence electrons. The molecule has 0 bridgehead atoms. The summed E-state index contributed by atoms with van der Waals surface area (Å²) in [5, 5.41) is 1.84. The van der Waals surface area contributed by atoms with Crippen LogP contribution < -0.4 is 4.90 Å². The van der Waals surface area contributed by atoms with E-state index in [0.717, 1.165) is 24.0 Å². The minimum absolute atomic E-state index is 0.434. The summed E-state index contributed by atoms with van der Waals surface area (Å²) >= 11 is 12.1. The molecular weight excluding hydrogens is 273 g/mol. The van der Waals surface area contributed by atoms with Gasteiger partial charge in [0, 0.05) is 23.5 Å². The van der Waals surface area contributed by atoms with Gasteiger partial charge in [-0.3, -0.25) is 0 Å². The molecule has 0 radical (unpaired) electrons. The fraction of sp³-hybridized carbons (Fsp3) is 0.333. The third kappa shape index (κ3) is 2.23. The van der Waals surface area contributed by atoms with Crippen molar-refractivity contribution in [2.45, 2.75) is 0 Å². The Morgan fingerprint density at radius 1 is 1.11 bits per heavy atom. The number of rotatable bonds is 1. The molecule has 1 aliphatic heterocycles. The first-order valence-electron chi connectivity index (χ1n) is 5.69. The maximum Gasteiger partial charge on any atom is 0.227 e. The van der Waals surface area contributed by atoms with Crippen molar-refractivity contribution < 1.29 is 4.74 Å². The summed E-state index contributed by atoms with van der Waals surface area (Å²) in [5.74, 6) is 0.651. The molecule has 1 aliphatic rings. The smallest absolute Gasteiger partial charge is 0.227 e. The van der Waals surface area contributed by atoms with Gasteiger partial charge in [-0.25, -0.2) is 9.97 Å². The Bertz CT molecular complexity index is 585. The number of morpholine rings is 1. The van der Waals surface area contributed by atoms with Crippen molar-refractivity contribution in [3.63, 3.8) is 0 Å². The number of aromatic nitrogens is 2. The number of benzene rings is 1. The molecule has 0 atom stereocenters. The maximum atomic E-state index is 6.19. The molecule has 4 nitrogen and oxygen atoms in total. The summed E-state index contributed by atoms with van der Waals surface area (Å²) in [6, 6.07) is 5.44. The Morgan fingerprint density at radius 3 is 2.67 bits per heavy atom. The second-order valence-electron chi connectivity index (χ2n) is 4.08. The van der Waals surface area contributed by atoms with Crippen LogP contribution >= 0.6 is 23.2 Å². The van der Waals surface area contributed by atoms with Crippen LogP contribution in [0.25, 0.3) is 10.9 Å². The predicted octanol–water partition coefficient (Wildman–Crippen LogP) is 2.77. The van der Waals surface area contributed by atoms with E-state index >= 15 is 0 Å². The molecule has 1 aromatic carbocycles. The lowest BCUT2D eigenvalue weighted by atomic mass is 10.2. The van der Waals surface area contributed by atoms with Gasteiger partial charge in [-0.05, 0) is 18.2 Å². The zero-order valence-corrected chi connectivity index (χ0v) is 11.1. The first-order chi connectivity index (χ1) is 8.74. The van der Waals surface area contributed by atoms with E-state index in [9.17, 15) is 0 Å². The van der Waals surface area contributed by atoms with Crippen molar-refractivity contribution in [1.29, 1.82) is 0 Å². The van der Waals surface area contributed by atoms with Crippen LogP contribution in [0.3, 0.4) is 0 Å². The Balaban J connectivity index is 2.06. The highest BCUT2D eigenvalue weighted by molar-refractivity contribution is 6.35. The lowest BCUT2D eigenvalue weighted by molar-refractivity contribution is 0.122. The van der Waals surface area contributed by atoms with Gasteiger partial charge in [0.05, 0.1) is 18.7 Å². The Kier molecular flexibility index (Phi) is 3.24. The van der Waals surface area contributed by atoms with Crippen molar-refractivity contribution in [1.82, 2.24) is 9.97 Å². The fourth-order valence-electron chi connectivity index (χ4n) is 1.96. The number of hydrogen-bond acceptors (Lipinski definition) is 4. The van der Waals surface area contributed by atoms with E-state index in [2.05, 4.69) is 14.9 Å². The zero-order chi connectivity index (χ0) is 12.5. The average molecular weight is 284 g/mol. The van der Waals surface area contributed by atoms with Crippen molar-refractivity contribution >= 4 is 40.1 Å². The molecule has 0 unspecified atom stereocenters. The van der Waals surface area contributed by atoms with E-state index in [-0.39, 0.29) is 0 Å². The van der Waals surface area contributed by atoms with E-state index in [4.69, 9.17) is 27.9 Å². The number of halogens is 2. The van der Waals surface area contributed by atoms with Gasteiger partial charge in [-0.1, -0.05) is 23.2 Å². The standard InChI is InChI=1S/C12H11Cl2N3O/c13-8-1-2-10-9(7-8)11(14)16-12(15-10)17-3-5-18-6-4-17/h1-2,7H,3-6H2. The molecule has 0 N–H and O–H groups in total. The minimum Gasteiger partial charge on any atom is -0.378 e. The lowest BCUT2D eigenvalue weighted by Crippen LogP contribution is -2.37. The molecule has 2 heterocycles. The van der Waals surface area contributed by atoms with Crippen LogP contribution in [0, 0.1) is 0 Å². The van der Waals surface area contributed by atoms with Crippen LogP contribution in [0.4, 0.5) is 5.95 Å². The van der Waals surface area contributed by atoms with E-state index < -0.39 is 0 Å². The summed E-state index contributed by atoms with van der Waals surface area (Å²) in [5.41, 5.74) is 0.806. The normalized spacial score (nSPS) is 16.2. The van der Waals surface area contributed by atoms with E-state index in [1.165, 1.54) is 0 Å². The Labute approximate surface area is 114 Å². The second kappa shape index (κ2) is 4.88. The highest BCUT2D eigenvalue weighted by Gasteiger charge is 2.15. The summed E-state index contributed by atoms with van der Waals surface area (Å²) in [6.45, 7) is 2.96. The monoisotopic (exact) mass is 283 g/mol. The summed E-state index contributed by atoms with van der Waals surface area (Å²) in [7, 11) is 0. The molecule has 0 spiro atoms. The van der Waals surface area contributed by atoms with Gasteiger partial charge in [0.1, 0.15) is 5.15 Å². The Morgan fingerprint density at radius 2 is 1.89 bits per heavy atom. The van der Waals surface area contributed by atoms with E-state index in [1.54, 1.807) is 12.1 Å². The van der Waals surface area contributed by atoms with E-state index in [0.29, 0.717) is 29.3 Å². The van der Waals surface area contributed by atoms with Crippen LogP contribution in [0.1, 0.15) is 0 Å². The molecule has 0 aliphatic carbocycles. The van der Waals surface area contributed by atoms with Gasteiger partial charge in [0.25, 0.3) is 0 Å². The third-order valence-electron chi connectivity index (χ3n) is 2.89. The van der Waals surface area contributed by atoms with Crippen molar-refractivity contribution in [3.8, 4) is 0 Å². The van der Waals surface area contributed by atoms with Crippen LogP contribution in [-0.2, 0) is 4.74 Å². The average Bonchev–Trinajstić information content (AvgIpc) is 2.40. The lowest BCUT2D eigenvalue weighted by Gasteiger charge is -2.26. The molecule has 1 saturated heterocycles. The van der Waals surface area contributed by atoms with Gasteiger partial charge >= 0.3 is 0 Å². The Hall–Kier alpha value is -1.10. The maximum absolute atomic E-state index is 6.19. The number of anilines is 1. The molecular formula is C12H11Cl2N3O. The molecule has 0 saturated carbocycles. The highest BCUT2D eigenvalue weighted by Crippen LogP contribution is 2.26. The van der Waals surface area contributed by atoms with Crippen molar-refractivity contribution in [2.75, 3.05) is 31.2 Å². The van der Waals surface area contributed by atoms with Crippen LogP contribution in [0.5, 0.6) is 0 Å². The number of ether oxygens (including phenoxy) is 1. The first-order valence-corrected chi connectivity index (χ1v) is 6.45. The van der Waals surface area contributed by atoms with Crippen LogP contribution in [0.15, 0.2) is 18.2 Å². The molecule has 2 aromatic rings. The molecule has 3 rings (SSSR count). The number of hydrogen-bond donors (Lipinski definition) is 0. The molecule has 0 amide bonds. The highest BCUT2D eigenvalue weighted by atomic mass is 35.5. The topological polar surface area (TPSA) is 38.2 Å². The molecule has 1 fully saturated rings. The summed E-state index contributed by atoms with van der Waals surface area (Å²) in [6.07, 6.45) is 0. The SMILES string of the molecule is Clc1ccc2nc(N3CCOCC3)nc(Cl)c2c1. The summed E-state index contributed by atoms with van der Waals surface area (Å²) in [4.78, 5) is 10.9. The molecule has 18 heavy (non-hydrogen) atoms. The number of fused-ring (bicyclic) bond motifs is 1. The summed E-state index contributed by atoms with van der Waals surface area (Å²) < 4.78 is 5.31. The molecule has 6 heteroatoms. The fourth-order valence-corrected chi connectivity index (χ4v) is 2.36. The van der Waals surface area contributed by atoms with Gasteiger partial charge < -0.3 is 9.64 Å². The molecule has 1 aromatic heterocycles.